The summed E-state index contributed by atoms with van der Waals surface area (Å²) in [7, 11) is 0. The SMILES string of the molecule is Cc1cccc(-n2c(=O)nc(N3CCC(O)C3)c3oc4ccc(Cl)cc4c32)c1. The Morgan fingerprint density at radius 3 is 2.86 bits per heavy atom. The van der Waals surface area contributed by atoms with Gasteiger partial charge in [-0.15, -0.1) is 0 Å². The first-order chi connectivity index (χ1) is 13.5. The van der Waals surface area contributed by atoms with E-state index >= 15 is 0 Å². The van der Waals surface area contributed by atoms with Crippen LogP contribution in [0.25, 0.3) is 27.8 Å². The van der Waals surface area contributed by atoms with Gasteiger partial charge in [0.25, 0.3) is 0 Å². The number of nitrogens with zero attached hydrogens (tertiary/aromatic N) is 3. The molecule has 1 atom stereocenters. The minimum Gasteiger partial charge on any atom is -0.450 e. The molecule has 0 bridgehead atoms. The monoisotopic (exact) mass is 395 g/mol. The first-order valence-electron chi connectivity index (χ1n) is 9.16. The standard InChI is InChI=1S/C21H18ClN3O3/c1-12-3-2-4-14(9-12)25-18-16-10-13(22)5-6-17(16)28-19(18)20(23-21(25)27)24-8-7-15(26)11-24/h2-6,9-10,15,26H,7-8,11H2,1H3. The summed E-state index contributed by atoms with van der Waals surface area (Å²) in [6.07, 6.45) is 0.200. The molecule has 28 heavy (non-hydrogen) atoms. The van der Waals surface area contributed by atoms with E-state index in [1.54, 1.807) is 22.8 Å². The van der Waals surface area contributed by atoms with E-state index in [1.807, 2.05) is 36.1 Å². The third-order valence-corrected chi connectivity index (χ3v) is 5.40. The van der Waals surface area contributed by atoms with Gasteiger partial charge in [0, 0.05) is 23.5 Å². The maximum atomic E-state index is 13.1. The van der Waals surface area contributed by atoms with Crippen molar-refractivity contribution in [2.24, 2.45) is 0 Å². The maximum absolute atomic E-state index is 13.1. The first-order valence-corrected chi connectivity index (χ1v) is 9.54. The van der Waals surface area contributed by atoms with Gasteiger partial charge in [0.05, 0.1) is 11.8 Å². The third kappa shape index (κ3) is 2.68. The number of rotatable bonds is 2. The Balaban J connectivity index is 1.90. The smallest absolute Gasteiger partial charge is 0.354 e. The van der Waals surface area contributed by atoms with Crippen LogP contribution in [0.5, 0.6) is 0 Å². The number of halogens is 1. The molecule has 2 aromatic carbocycles. The Morgan fingerprint density at radius 1 is 1.25 bits per heavy atom. The largest absolute Gasteiger partial charge is 0.450 e. The van der Waals surface area contributed by atoms with E-state index in [2.05, 4.69) is 4.98 Å². The molecule has 0 amide bonds. The summed E-state index contributed by atoms with van der Waals surface area (Å²) >= 11 is 6.24. The van der Waals surface area contributed by atoms with E-state index in [0.29, 0.717) is 47.0 Å². The molecule has 1 saturated heterocycles. The molecule has 3 heterocycles. The fourth-order valence-corrected chi connectivity index (χ4v) is 4.04. The minimum absolute atomic E-state index is 0.392. The Hall–Kier alpha value is -2.83. The van der Waals surface area contributed by atoms with Gasteiger partial charge >= 0.3 is 5.69 Å². The Labute approximate surface area is 165 Å². The number of anilines is 1. The lowest BCUT2D eigenvalue weighted by molar-refractivity contribution is 0.198. The van der Waals surface area contributed by atoms with Crippen molar-refractivity contribution in [3.8, 4) is 5.69 Å². The van der Waals surface area contributed by atoms with Crippen molar-refractivity contribution in [3.63, 3.8) is 0 Å². The molecule has 4 aromatic rings. The zero-order valence-corrected chi connectivity index (χ0v) is 16.0. The summed E-state index contributed by atoms with van der Waals surface area (Å²) in [5.74, 6) is 0.466. The molecule has 1 aliphatic heterocycles. The highest BCUT2D eigenvalue weighted by Crippen LogP contribution is 2.36. The maximum Gasteiger partial charge on any atom is 0.354 e. The van der Waals surface area contributed by atoms with Crippen LogP contribution in [0.15, 0.2) is 51.7 Å². The average molecular weight is 396 g/mol. The molecule has 0 aliphatic carbocycles. The lowest BCUT2D eigenvalue weighted by Crippen LogP contribution is -2.28. The molecule has 7 heteroatoms. The van der Waals surface area contributed by atoms with Gasteiger partial charge in [0.15, 0.2) is 11.4 Å². The Bertz CT molecular complexity index is 1280. The number of β-amino-alcohol motifs (C(OH)–C–C–N with tert-alkyl or cyclic N) is 1. The van der Waals surface area contributed by atoms with Gasteiger partial charge in [-0.3, -0.25) is 4.57 Å². The lowest BCUT2D eigenvalue weighted by atomic mass is 10.2. The fraction of sp³-hybridized carbons (Fsp3) is 0.238. The number of fused-ring (bicyclic) bond motifs is 3. The van der Waals surface area contributed by atoms with Crippen molar-refractivity contribution < 1.29 is 9.52 Å². The van der Waals surface area contributed by atoms with Gasteiger partial charge in [-0.05, 0) is 49.2 Å². The molecular formula is C21H18ClN3O3. The minimum atomic E-state index is -0.435. The van der Waals surface area contributed by atoms with Gasteiger partial charge in [-0.2, -0.15) is 4.98 Å². The molecule has 1 unspecified atom stereocenters. The predicted molar refractivity (Wildman–Crippen MR) is 110 cm³/mol. The van der Waals surface area contributed by atoms with Crippen molar-refractivity contribution in [1.82, 2.24) is 9.55 Å². The number of aliphatic hydroxyl groups is 1. The summed E-state index contributed by atoms with van der Waals surface area (Å²) in [6, 6.07) is 13.0. The first kappa shape index (κ1) is 17.3. The summed E-state index contributed by atoms with van der Waals surface area (Å²) in [5.41, 5.74) is 3.16. The Kier molecular flexibility index (Phi) is 3.92. The van der Waals surface area contributed by atoms with Crippen molar-refractivity contribution in [3.05, 3.63) is 63.5 Å². The number of hydrogen-bond acceptors (Lipinski definition) is 5. The molecule has 5 rings (SSSR count). The molecule has 0 spiro atoms. The van der Waals surface area contributed by atoms with E-state index in [0.717, 1.165) is 16.6 Å². The fourth-order valence-electron chi connectivity index (χ4n) is 3.87. The van der Waals surface area contributed by atoms with Crippen LogP contribution in [0, 0.1) is 6.92 Å². The molecule has 1 N–H and O–H groups in total. The van der Waals surface area contributed by atoms with Crippen LogP contribution in [0.2, 0.25) is 5.02 Å². The molecule has 0 radical (unpaired) electrons. The van der Waals surface area contributed by atoms with Crippen LogP contribution in [0.1, 0.15) is 12.0 Å². The van der Waals surface area contributed by atoms with E-state index in [4.69, 9.17) is 16.0 Å². The zero-order valence-electron chi connectivity index (χ0n) is 15.2. The van der Waals surface area contributed by atoms with Gasteiger partial charge in [-0.1, -0.05) is 23.7 Å². The third-order valence-electron chi connectivity index (χ3n) is 5.17. The van der Waals surface area contributed by atoms with E-state index in [1.165, 1.54) is 0 Å². The molecule has 2 aromatic heterocycles. The number of benzene rings is 2. The predicted octanol–water partition coefficient (Wildman–Crippen LogP) is 3.66. The number of hydrogen-bond donors (Lipinski definition) is 1. The second kappa shape index (κ2) is 6.36. The molecule has 0 saturated carbocycles. The molecule has 142 valence electrons. The van der Waals surface area contributed by atoms with E-state index in [-0.39, 0.29) is 0 Å². The summed E-state index contributed by atoms with van der Waals surface area (Å²) in [5, 5.41) is 11.3. The quantitative estimate of drug-likeness (QED) is 0.560. The average Bonchev–Trinajstić information content (AvgIpc) is 3.25. The van der Waals surface area contributed by atoms with Crippen LogP contribution < -0.4 is 10.6 Å². The number of aryl methyl sites for hydroxylation is 1. The topological polar surface area (TPSA) is 71.5 Å². The van der Waals surface area contributed by atoms with Crippen LogP contribution in [0.3, 0.4) is 0 Å². The van der Waals surface area contributed by atoms with Crippen LogP contribution in [0.4, 0.5) is 5.82 Å². The van der Waals surface area contributed by atoms with Crippen molar-refractivity contribution >= 4 is 39.5 Å². The van der Waals surface area contributed by atoms with Gasteiger partial charge in [0.2, 0.25) is 0 Å². The summed E-state index contributed by atoms with van der Waals surface area (Å²) in [4.78, 5) is 19.4. The van der Waals surface area contributed by atoms with Gasteiger partial charge in [0.1, 0.15) is 11.1 Å². The van der Waals surface area contributed by atoms with Crippen LogP contribution in [-0.4, -0.2) is 33.9 Å². The van der Waals surface area contributed by atoms with E-state index < -0.39 is 11.8 Å². The number of furan rings is 1. The van der Waals surface area contributed by atoms with Gasteiger partial charge < -0.3 is 14.4 Å². The second-order valence-electron chi connectivity index (χ2n) is 7.20. The van der Waals surface area contributed by atoms with Crippen molar-refractivity contribution in [1.29, 1.82) is 0 Å². The molecule has 1 fully saturated rings. The van der Waals surface area contributed by atoms with Crippen molar-refractivity contribution in [2.75, 3.05) is 18.0 Å². The normalized spacial score (nSPS) is 17.1. The highest BCUT2D eigenvalue weighted by atomic mass is 35.5. The van der Waals surface area contributed by atoms with Gasteiger partial charge in [-0.25, -0.2) is 4.79 Å². The van der Waals surface area contributed by atoms with E-state index in [9.17, 15) is 9.90 Å². The van der Waals surface area contributed by atoms with Crippen molar-refractivity contribution in [2.45, 2.75) is 19.4 Å². The zero-order chi connectivity index (χ0) is 19.4. The highest BCUT2D eigenvalue weighted by Gasteiger charge is 2.27. The number of aromatic nitrogens is 2. The van der Waals surface area contributed by atoms with Crippen LogP contribution >= 0.6 is 11.6 Å². The lowest BCUT2D eigenvalue weighted by Gasteiger charge is -2.18. The molecule has 6 nitrogen and oxygen atoms in total. The molecule has 1 aliphatic rings. The number of aliphatic hydroxyl groups excluding tert-OH is 1. The second-order valence-corrected chi connectivity index (χ2v) is 7.64. The van der Waals surface area contributed by atoms with Crippen LogP contribution in [-0.2, 0) is 0 Å². The highest BCUT2D eigenvalue weighted by molar-refractivity contribution is 6.31. The molecular weight excluding hydrogens is 378 g/mol. The summed E-state index contributed by atoms with van der Waals surface area (Å²) < 4.78 is 7.70. The Morgan fingerprint density at radius 2 is 2.11 bits per heavy atom. The summed E-state index contributed by atoms with van der Waals surface area (Å²) in [6.45, 7) is 3.02.